The second-order valence-corrected chi connectivity index (χ2v) is 8.12. The number of esters is 1. The van der Waals surface area contributed by atoms with Crippen molar-refractivity contribution in [3.63, 3.8) is 0 Å². The summed E-state index contributed by atoms with van der Waals surface area (Å²) >= 11 is 0. The molecule has 26 heavy (non-hydrogen) atoms. The average Bonchev–Trinajstić information content (AvgIpc) is 2.53. The van der Waals surface area contributed by atoms with Gasteiger partial charge < -0.3 is 9.47 Å². The molecule has 0 aromatic carbocycles. The highest BCUT2D eigenvalue weighted by molar-refractivity contribution is 5.89. The molecule has 4 nitrogen and oxygen atoms in total. The summed E-state index contributed by atoms with van der Waals surface area (Å²) in [5.74, 6) is -3.91. The maximum absolute atomic E-state index is 12.9. The van der Waals surface area contributed by atoms with E-state index in [1.807, 2.05) is 0 Å². The van der Waals surface area contributed by atoms with E-state index in [0.717, 1.165) is 19.3 Å². The van der Waals surface area contributed by atoms with Crippen LogP contribution in [0.2, 0.25) is 0 Å². The summed E-state index contributed by atoms with van der Waals surface area (Å²) in [6.45, 7) is -0.406. The normalized spacial score (nSPS) is 33.6. The summed E-state index contributed by atoms with van der Waals surface area (Å²) in [6.07, 6.45) is -0.559. The van der Waals surface area contributed by atoms with Crippen molar-refractivity contribution in [2.24, 2.45) is 23.2 Å². The van der Waals surface area contributed by atoms with Gasteiger partial charge in [-0.05, 0) is 50.9 Å². The van der Waals surface area contributed by atoms with E-state index in [4.69, 9.17) is 4.74 Å². The zero-order valence-electron chi connectivity index (χ0n) is 14.7. The van der Waals surface area contributed by atoms with E-state index in [0.29, 0.717) is 18.8 Å². The van der Waals surface area contributed by atoms with Crippen molar-refractivity contribution in [1.29, 1.82) is 0 Å². The molecular weight excluding hydrogens is 356 g/mol. The fourth-order valence-electron chi connectivity index (χ4n) is 4.85. The molecule has 0 aromatic heterocycles. The van der Waals surface area contributed by atoms with E-state index in [1.54, 1.807) is 0 Å². The second-order valence-electron chi connectivity index (χ2n) is 8.12. The number of unbranched alkanes of at least 4 members (excludes halogenated alkanes) is 1. The Balaban J connectivity index is 1.40. The number of ketones is 1. The Kier molecular flexibility index (Phi) is 5.09. The third kappa shape index (κ3) is 3.62. The minimum Gasteiger partial charge on any atom is -0.465 e. The number of rotatable bonds is 8. The summed E-state index contributed by atoms with van der Waals surface area (Å²) in [7, 11) is 0. The number of Topliss-reactive ketones (excluding diaryl/α,β-unsaturated/α-hetero) is 1. The molecule has 0 spiro atoms. The van der Waals surface area contributed by atoms with Crippen LogP contribution in [0, 0.1) is 23.2 Å². The van der Waals surface area contributed by atoms with Crippen LogP contribution in [0.3, 0.4) is 0 Å². The Hall–Kier alpha value is -1.18. The highest BCUT2D eigenvalue weighted by Gasteiger charge is 2.59. The van der Waals surface area contributed by atoms with E-state index in [-0.39, 0.29) is 50.0 Å². The van der Waals surface area contributed by atoms with Crippen molar-refractivity contribution in [3.05, 3.63) is 0 Å². The largest absolute Gasteiger partial charge is 0.465 e. The lowest BCUT2D eigenvalue weighted by Crippen LogP contribution is -2.54. The van der Waals surface area contributed by atoms with Gasteiger partial charge in [0.15, 0.2) is 0 Å². The maximum atomic E-state index is 12.9. The molecule has 0 aliphatic heterocycles. The van der Waals surface area contributed by atoms with Crippen molar-refractivity contribution in [1.82, 2.24) is 0 Å². The summed E-state index contributed by atoms with van der Waals surface area (Å²) in [5, 5.41) is 0. The number of hydrogen-bond donors (Lipinski definition) is 0. The van der Waals surface area contributed by atoms with Crippen molar-refractivity contribution >= 4 is 11.8 Å². The average molecular weight is 380 g/mol. The molecule has 2 unspecified atom stereocenters. The van der Waals surface area contributed by atoms with E-state index < -0.39 is 24.1 Å². The van der Waals surface area contributed by atoms with Gasteiger partial charge in [0.2, 0.25) is 0 Å². The molecule has 0 heterocycles. The van der Waals surface area contributed by atoms with Crippen LogP contribution >= 0.6 is 0 Å². The molecule has 0 aromatic rings. The van der Waals surface area contributed by atoms with Gasteiger partial charge in [-0.15, -0.1) is 0 Å². The summed E-state index contributed by atoms with van der Waals surface area (Å²) < 4.78 is 60.3. The first-order valence-corrected chi connectivity index (χ1v) is 9.15. The third-order valence-corrected chi connectivity index (χ3v) is 5.99. The van der Waals surface area contributed by atoms with Crippen molar-refractivity contribution in [2.75, 3.05) is 13.2 Å². The number of alkyl halides is 4. The van der Waals surface area contributed by atoms with Gasteiger partial charge in [0, 0.05) is 18.8 Å². The maximum Gasteiger partial charge on any atom is 0.419 e. The number of carbonyl (C=O) groups is 2. The van der Waals surface area contributed by atoms with E-state index in [2.05, 4.69) is 4.74 Å². The molecule has 4 aliphatic rings. The van der Waals surface area contributed by atoms with E-state index >= 15 is 0 Å². The minimum atomic E-state index is -4.50. The highest BCUT2D eigenvalue weighted by atomic mass is 19.3. The van der Waals surface area contributed by atoms with Crippen LogP contribution in [-0.2, 0) is 19.1 Å². The van der Waals surface area contributed by atoms with Gasteiger partial charge in [0.1, 0.15) is 5.78 Å². The fraction of sp³-hybridized carbons (Fsp3) is 0.889. The fourth-order valence-corrected chi connectivity index (χ4v) is 4.85. The van der Waals surface area contributed by atoms with E-state index in [9.17, 15) is 27.2 Å². The van der Waals surface area contributed by atoms with Crippen molar-refractivity contribution in [2.45, 2.75) is 63.9 Å². The van der Waals surface area contributed by atoms with Gasteiger partial charge in [0.25, 0.3) is 0 Å². The Bertz CT molecular complexity index is 554. The van der Waals surface area contributed by atoms with Gasteiger partial charge in [-0.2, -0.15) is 17.6 Å². The molecule has 4 fully saturated rings. The van der Waals surface area contributed by atoms with Gasteiger partial charge in [0.05, 0.1) is 18.6 Å². The Morgan fingerprint density at radius 2 is 1.65 bits per heavy atom. The predicted octanol–water partition coefficient (Wildman–Crippen LogP) is 3.97. The molecule has 148 valence electrons. The summed E-state index contributed by atoms with van der Waals surface area (Å²) in [5.41, 5.74) is -0.571. The zero-order valence-corrected chi connectivity index (χ0v) is 14.7. The van der Waals surface area contributed by atoms with Crippen LogP contribution in [0.15, 0.2) is 0 Å². The smallest absolute Gasteiger partial charge is 0.419 e. The van der Waals surface area contributed by atoms with E-state index in [1.165, 1.54) is 0 Å². The molecule has 0 saturated heterocycles. The lowest BCUT2D eigenvalue weighted by Gasteiger charge is -2.53. The SMILES string of the molecule is CC(F)(F)C(F)(F)OCCCCOC(=O)C12CC3CC(C1)C(=O)C(C3)C2. The molecule has 2 atom stereocenters. The first-order valence-electron chi connectivity index (χ1n) is 9.15. The molecule has 4 rings (SSSR count). The Morgan fingerprint density at radius 3 is 2.23 bits per heavy atom. The first-order chi connectivity index (χ1) is 12.0. The quantitative estimate of drug-likeness (QED) is 0.363. The standard InChI is InChI=1S/C18H24F4O4/c1-16(19,20)18(21,22)26-5-3-2-4-25-15(24)17-8-11-6-12(9-17)14(23)13(7-11)10-17/h11-13H,2-10H2,1H3. The Labute approximate surface area is 149 Å². The molecule has 4 bridgehead atoms. The van der Waals surface area contributed by atoms with Gasteiger partial charge >= 0.3 is 18.0 Å². The van der Waals surface area contributed by atoms with Crippen LogP contribution in [0.25, 0.3) is 0 Å². The number of hydrogen-bond acceptors (Lipinski definition) is 4. The van der Waals surface area contributed by atoms with Gasteiger partial charge in [-0.1, -0.05) is 0 Å². The molecular formula is C18H24F4O4. The third-order valence-electron chi connectivity index (χ3n) is 5.99. The molecule has 0 radical (unpaired) electrons. The number of carbonyl (C=O) groups excluding carboxylic acids is 2. The number of halogens is 4. The lowest BCUT2D eigenvalue weighted by atomic mass is 9.49. The summed E-state index contributed by atoms with van der Waals surface area (Å²) in [4.78, 5) is 24.7. The molecule has 0 amide bonds. The topological polar surface area (TPSA) is 52.6 Å². The second kappa shape index (κ2) is 6.77. The number of ether oxygens (including phenoxy) is 2. The van der Waals surface area contributed by atoms with Gasteiger partial charge in [-0.3, -0.25) is 9.59 Å². The van der Waals surface area contributed by atoms with Crippen LogP contribution < -0.4 is 0 Å². The van der Waals surface area contributed by atoms with Crippen molar-refractivity contribution < 1.29 is 36.6 Å². The first kappa shape index (κ1) is 19.6. The monoisotopic (exact) mass is 380 g/mol. The molecule has 4 saturated carbocycles. The molecule has 4 aliphatic carbocycles. The predicted molar refractivity (Wildman–Crippen MR) is 82.7 cm³/mol. The van der Waals surface area contributed by atoms with Crippen LogP contribution in [0.4, 0.5) is 17.6 Å². The van der Waals surface area contributed by atoms with Crippen LogP contribution in [0.1, 0.15) is 51.9 Å². The lowest BCUT2D eigenvalue weighted by molar-refractivity contribution is -0.341. The van der Waals surface area contributed by atoms with Crippen LogP contribution in [0.5, 0.6) is 0 Å². The van der Waals surface area contributed by atoms with Crippen molar-refractivity contribution in [3.8, 4) is 0 Å². The molecule has 8 heteroatoms. The Morgan fingerprint density at radius 1 is 1.08 bits per heavy atom. The molecule has 0 N–H and O–H groups in total. The highest BCUT2D eigenvalue weighted by Crippen LogP contribution is 2.59. The van der Waals surface area contributed by atoms with Gasteiger partial charge in [-0.25, -0.2) is 0 Å². The minimum absolute atomic E-state index is 0.0276. The summed E-state index contributed by atoms with van der Waals surface area (Å²) in [6, 6.07) is 0. The van der Waals surface area contributed by atoms with Crippen LogP contribution in [-0.4, -0.2) is 37.0 Å². The zero-order chi connectivity index (χ0) is 19.2.